The molecule has 2 aromatic heterocycles. The number of ether oxygens (including phenoxy) is 1. The molecule has 1 saturated heterocycles. The van der Waals surface area contributed by atoms with Crippen molar-refractivity contribution in [2.45, 2.75) is 6.04 Å². The fourth-order valence-corrected chi connectivity index (χ4v) is 3.15. The topological polar surface area (TPSA) is 60.2 Å². The Morgan fingerprint density at radius 1 is 1.44 bits per heavy atom. The SMILES string of the molecule is Clc1cc(-c2nc(C3COCCN3)no2)c(Cl)s1. The van der Waals surface area contributed by atoms with Crippen LogP contribution >= 0.6 is 34.5 Å². The lowest BCUT2D eigenvalue weighted by Crippen LogP contribution is -2.35. The molecule has 0 spiro atoms. The highest BCUT2D eigenvalue weighted by Gasteiger charge is 2.22. The first-order valence-electron chi connectivity index (χ1n) is 5.34. The van der Waals surface area contributed by atoms with E-state index < -0.39 is 0 Å². The second-order valence-electron chi connectivity index (χ2n) is 3.78. The smallest absolute Gasteiger partial charge is 0.260 e. The third kappa shape index (κ3) is 2.39. The summed E-state index contributed by atoms with van der Waals surface area (Å²) in [6.07, 6.45) is 0. The molecule has 0 radical (unpaired) electrons. The summed E-state index contributed by atoms with van der Waals surface area (Å²) in [5, 5.41) is 7.19. The lowest BCUT2D eigenvalue weighted by atomic mass is 10.2. The van der Waals surface area contributed by atoms with Crippen molar-refractivity contribution in [3.8, 4) is 11.5 Å². The van der Waals surface area contributed by atoms with Crippen molar-refractivity contribution >= 4 is 34.5 Å². The van der Waals surface area contributed by atoms with Gasteiger partial charge in [-0.3, -0.25) is 0 Å². The Kier molecular flexibility index (Phi) is 3.54. The quantitative estimate of drug-likeness (QED) is 0.924. The Balaban J connectivity index is 1.86. The molecule has 5 nitrogen and oxygen atoms in total. The second-order valence-corrected chi connectivity index (χ2v) is 6.06. The zero-order chi connectivity index (χ0) is 12.5. The van der Waals surface area contributed by atoms with Crippen LogP contribution in [-0.2, 0) is 4.74 Å². The zero-order valence-electron chi connectivity index (χ0n) is 9.15. The van der Waals surface area contributed by atoms with Gasteiger partial charge in [0.1, 0.15) is 4.34 Å². The van der Waals surface area contributed by atoms with Crippen molar-refractivity contribution in [3.05, 3.63) is 20.6 Å². The van der Waals surface area contributed by atoms with Crippen LogP contribution in [0.25, 0.3) is 11.5 Å². The highest BCUT2D eigenvalue weighted by molar-refractivity contribution is 7.20. The van der Waals surface area contributed by atoms with Gasteiger partial charge < -0.3 is 14.6 Å². The molecule has 0 amide bonds. The van der Waals surface area contributed by atoms with Crippen LogP contribution in [0.2, 0.25) is 8.67 Å². The summed E-state index contributed by atoms with van der Waals surface area (Å²) < 4.78 is 11.7. The lowest BCUT2D eigenvalue weighted by molar-refractivity contribution is 0.0734. The Morgan fingerprint density at radius 3 is 3.00 bits per heavy atom. The van der Waals surface area contributed by atoms with Crippen molar-refractivity contribution in [3.63, 3.8) is 0 Å². The molecule has 0 aromatic carbocycles. The van der Waals surface area contributed by atoms with E-state index in [-0.39, 0.29) is 6.04 Å². The maximum atomic E-state index is 6.04. The molecule has 3 rings (SSSR count). The van der Waals surface area contributed by atoms with Crippen molar-refractivity contribution in [1.29, 1.82) is 0 Å². The van der Waals surface area contributed by atoms with Gasteiger partial charge in [0.25, 0.3) is 5.89 Å². The van der Waals surface area contributed by atoms with Gasteiger partial charge in [-0.25, -0.2) is 0 Å². The first-order chi connectivity index (χ1) is 8.74. The van der Waals surface area contributed by atoms with Gasteiger partial charge in [0, 0.05) is 6.54 Å². The molecule has 1 aliphatic heterocycles. The second kappa shape index (κ2) is 5.14. The van der Waals surface area contributed by atoms with Crippen LogP contribution in [0, 0.1) is 0 Å². The molecule has 1 fully saturated rings. The molecule has 1 unspecified atom stereocenters. The Morgan fingerprint density at radius 2 is 2.33 bits per heavy atom. The molecule has 18 heavy (non-hydrogen) atoms. The van der Waals surface area contributed by atoms with E-state index in [4.69, 9.17) is 32.5 Å². The van der Waals surface area contributed by atoms with Gasteiger partial charge in [0.05, 0.1) is 29.2 Å². The number of hydrogen-bond acceptors (Lipinski definition) is 6. The monoisotopic (exact) mass is 305 g/mol. The largest absolute Gasteiger partial charge is 0.378 e. The van der Waals surface area contributed by atoms with E-state index in [1.165, 1.54) is 11.3 Å². The van der Waals surface area contributed by atoms with Crippen molar-refractivity contribution < 1.29 is 9.26 Å². The molecule has 96 valence electrons. The molecular weight excluding hydrogens is 297 g/mol. The highest BCUT2D eigenvalue weighted by atomic mass is 35.5. The Hall–Kier alpha value is -0.660. The third-order valence-electron chi connectivity index (χ3n) is 2.56. The predicted molar refractivity (Wildman–Crippen MR) is 69.2 cm³/mol. The first kappa shape index (κ1) is 12.4. The molecule has 1 aliphatic rings. The van der Waals surface area contributed by atoms with Gasteiger partial charge in [-0.1, -0.05) is 28.4 Å². The fourth-order valence-electron chi connectivity index (χ4n) is 1.70. The van der Waals surface area contributed by atoms with Gasteiger partial charge in [-0.05, 0) is 6.07 Å². The van der Waals surface area contributed by atoms with Gasteiger partial charge in [0.15, 0.2) is 5.82 Å². The summed E-state index contributed by atoms with van der Waals surface area (Å²) in [6.45, 7) is 2.02. The molecule has 0 bridgehead atoms. The van der Waals surface area contributed by atoms with Crippen LogP contribution in [0.4, 0.5) is 0 Å². The van der Waals surface area contributed by atoms with Crippen molar-refractivity contribution in [2.75, 3.05) is 19.8 Å². The van der Waals surface area contributed by atoms with Crippen LogP contribution in [0.1, 0.15) is 11.9 Å². The fraction of sp³-hybridized carbons (Fsp3) is 0.400. The normalized spacial score (nSPS) is 20.2. The number of morpholine rings is 1. The van der Waals surface area contributed by atoms with E-state index in [1.54, 1.807) is 6.07 Å². The molecule has 2 aromatic rings. The molecule has 1 N–H and O–H groups in total. The molecule has 3 heterocycles. The number of nitrogens with zero attached hydrogens (tertiary/aromatic N) is 2. The summed E-state index contributed by atoms with van der Waals surface area (Å²) in [5.74, 6) is 0.952. The number of hydrogen-bond donors (Lipinski definition) is 1. The lowest BCUT2D eigenvalue weighted by Gasteiger charge is -2.20. The number of rotatable bonds is 2. The molecule has 1 atom stereocenters. The van der Waals surface area contributed by atoms with Gasteiger partial charge >= 0.3 is 0 Å². The third-order valence-corrected chi connectivity index (χ3v) is 4.05. The molecule has 8 heteroatoms. The van der Waals surface area contributed by atoms with Crippen LogP contribution in [0.3, 0.4) is 0 Å². The van der Waals surface area contributed by atoms with E-state index >= 15 is 0 Å². The summed E-state index contributed by atoms with van der Waals surface area (Å²) in [5.41, 5.74) is 0.669. The Bertz CT molecular complexity index is 551. The van der Waals surface area contributed by atoms with E-state index in [2.05, 4.69) is 15.5 Å². The van der Waals surface area contributed by atoms with E-state index in [9.17, 15) is 0 Å². The summed E-state index contributed by atoms with van der Waals surface area (Å²) >= 11 is 13.2. The predicted octanol–water partition coefficient (Wildman–Crippen LogP) is 2.77. The van der Waals surface area contributed by atoms with Crippen LogP contribution in [0.15, 0.2) is 10.6 Å². The van der Waals surface area contributed by atoms with E-state index in [1.807, 2.05) is 0 Å². The van der Waals surface area contributed by atoms with Crippen LogP contribution < -0.4 is 5.32 Å². The van der Waals surface area contributed by atoms with Crippen LogP contribution in [0.5, 0.6) is 0 Å². The minimum absolute atomic E-state index is 0.0378. The minimum Gasteiger partial charge on any atom is -0.378 e. The minimum atomic E-state index is -0.0378. The van der Waals surface area contributed by atoms with Crippen molar-refractivity contribution in [1.82, 2.24) is 15.5 Å². The zero-order valence-corrected chi connectivity index (χ0v) is 11.5. The van der Waals surface area contributed by atoms with Gasteiger partial charge in [-0.2, -0.15) is 4.98 Å². The number of thiophene rings is 1. The molecule has 0 saturated carbocycles. The molecular formula is C10H9Cl2N3O2S. The first-order valence-corrected chi connectivity index (χ1v) is 6.91. The number of aromatic nitrogens is 2. The average molecular weight is 306 g/mol. The summed E-state index contributed by atoms with van der Waals surface area (Å²) in [6, 6.07) is 1.68. The Labute approximate surface area is 117 Å². The number of halogens is 2. The van der Waals surface area contributed by atoms with Gasteiger partial charge in [-0.15, -0.1) is 11.3 Å². The molecule has 0 aliphatic carbocycles. The summed E-state index contributed by atoms with van der Waals surface area (Å²) in [4.78, 5) is 4.32. The average Bonchev–Trinajstić information content (AvgIpc) is 2.97. The van der Waals surface area contributed by atoms with E-state index in [0.29, 0.717) is 39.2 Å². The highest BCUT2D eigenvalue weighted by Crippen LogP contribution is 2.37. The number of nitrogens with one attached hydrogen (secondary N) is 1. The maximum Gasteiger partial charge on any atom is 0.260 e. The van der Waals surface area contributed by atoms with Crippen molar-refractivity contribution in [2.24, 2.45) is 0 Å². The van der Waals surface area contributed by atoms with E-state index in [0.717, 1.165) is 6.54 Å². The van der Waals surface area contributed by atoms with Gasteiger partial charge in [0.2, 0.25) is 0 Å². The standard InChI is InChI=1S/C10H9Cl2N3O2S/c11-7-3-5(8(12)18-7)10-14-9(15-17-10)6-4-16-2-1-13-6/h3,6,13H,1-2,4H2. The van der Waals surface area contributed by atoms with Crippen LogP contribution in [-0.4, -0.2) is 29.9 Å². The summed E-state index contributed by atoms with van der Waals surface area (Å²) in [7, 11) is 0. The maximum absolute atomic E-state index is 6.04.